The molecule has 3 heteroatoms. The van der Waals surface area contributed by atoms with Crippen molar-refractivity contribution in [3.05, 3.63) is 28.8 Å². The van der Waals surface area contributed by atoms with Gasteiger partial charge in [-0.1, -0.05) is 37.4 Å². The Morgan fingerprint density at radius 3 is 2.83 bits per heavy atom. The lowest BCUT2D eigenvalue weighted by Gasteiger charge is -2.21. The maximum atomic E-state index is 6.01. The topological polar surface area (TPSA) is 21.3 Å². The minimum absolute atomic E-state index is 0.378. The van der Waals surface area contributed by atoms with E-state index in [-0.39, 0.29) is 0 Å². The molecule has 0 bridgehead atoms. The number of hydrogen-bond acceptors (Lipinski definition) is 2. The average Bonchev–Trinajstić information content (AvgIpc) is 3.18. The molecule has 1 aliphatic rings. The van der Waals surface area contributed by atoms with Gasteiger partial charge in [-0.25, -0.2) is 0 Å². The number of ether oxygens (including phenoxy) is 1. The van der Waals surface area contributed by atoms with Crippen LogP contribution in [-0.4, -0.2) is 13.7 Å². The molecule has 0 spiro atoms. The molecule has 2 nitrogen and oxygen atoms in total. The van der Waals surface area contributed by atoms with E-state index in [1.807, 2.05) is 12.1 Å². The summed E-state index contributed by atoms with van der Waals surface area (Å²) in [6.07, 6.45) is 5.31. The van der Waals surface area contributed by atoms with Gasteiger partial charge in [0.25, 0.3) is 0 Å². The first-order valence-electron chi connectivity index (χ1n) is 6.81. The summed E-state index contributed by atoms with van der Waals surface area (Å²) in [6.45, 7) is 3.12. The molecule has 0 radical (unpaired) electrons. The molecule has 100 valence electrons. The third kappa shape index (κ3) is 3.63. The fourth-order valence-corrected chi connectivity index (χ4v) is 2.56. The molecule has 1 aromatic rings. The summed E-state index contributed by atoms with van der Waals surface area (Å²) < 4.78 is 5.45. The number of methoxy groups -OCH3 is 1. The predicted octanol–water partition coefficient (Wildman–Crippen LogP) is 4.19. The van der Waals surface area contributed by atoms with E-state index in [9.17, 15) is 0 Å². The molecule has 1 aliphatic carbocycles. The van der Waals surface area contributed by atoms with Crippen molar-refractivity contribution in [3.8, 4) is 5.75 Å². The highest BCUT2D eigenvalue weighted by Crippen LogP contribution is 2.37. The maximum Gasteiger partial charge on any atom is 0.125 e. The number of rotatable bonds is 7. The molecular formula is C15H22ClNO. The largest absolute Gasteiger partial charge is 0.496 e. The van der Waals surface area contributed by atoms with E-state index in [4.69, 9.17) is 16.3 Å². The van der Waals surface area contributed by atoms with Gasteiger partial charge in [0.1, 0.15) is 5.75 Å². The fourth-order valence-electron chi connectivity index (χ4n) is 2.40. The fraction of sp³-hybridized carbons (Fsp3) is 0.600. The first kappa shape index (κ1) is 13.7. The van der Waals surface area contributed by atoms with Gasteiger partial charge in [0, 0.05) is 16.6 Å². The SMILES string of the molecule is CCNC(CCC1CC1)c1ccc(Cl)cc1OC. The molecule has 1 aromatic carbocycles. The zero-order valence-electron chi connectivity index (χ0n) is 11.2. The Balaban J connectivity index is 2.11. The minimum Gasteiger partial charge on any atom is -0.496 e. The van der Waals surface area contributed by atoms with E-state index in [1.165, 1.54) is 31.2 Å². The molecule has 2 rings (SSSR count). The standard InChI is InChI=1S/C15H22ClNO/c1-3-17-14(9-6-11-4-5-11)13-8-7-12(16)10-15(13)18-2/h7-8,10-11,14,17H,3-6,9H2,1-2H3. The van der Waals surface area contributed by atoms with Crippen LogP contribution < -0.4 is 10.1 Å². The first-order valence-corrected chi connectivity index (χ1v) is 7.19. The zero-order valence-corrected chi connectivity index (χ0v) is 12.0. The van der Waals surface area contributed by atoms with Crippen molar-refractivity contribution in [1.82, 2.24) is 5.32 Å². The molecule has 0 saturated heterocycles. The highest BCUT2D eigenvalue weighted by molar-refractivity contribution is 6.30. The second-order valence-corrected chi connectivity index (χ2v) is 5.45. The Hall–Kier alpha value is -0.730. The van der Waals surface area contributed by atoms with Gasteiger partial charge in [-0.3, -0.25) is 0 Å². The molecule has 0 aromatic heterocycles. The molecule has 0 amide bonds. The van der Waals surface area contributed by atoms with Crippen LogP contribution in [0.15, 0.2) is 18.2 Å². The van der Waals surface area contributed by atoms with Crippen molar-refractivity contribution in [2.24, 2.45) is 5.92 Å². The summed E-state index contributed by atoms with van der Waals surface area (Å²) >= 11 is 6.01. The van der Waals surface area contributed by atoms with E-state index in [1.54, 1.807) is 7.11 Å². The van der Waals surface area contributed by atoms with E-state index in [2.05, 4.69) is 18.3 Å². The molecule has 1 N–H and O–H groups in total. The molecule has 0 aliphatic heterocycles. The van der Waals surface area contributed by atoms with Gasteiger partial charge in [0.15, 0.2) is 0 Å². The van der Waals surface area contributed by atoms with E-state index in [0.29, 0.717) is 6.04 Å². The smallest absolute Gasteiger partial charge is 0.125 e. The van der Waals surface area contributed by atoms with Crippen LogP contribution >= 0.6 is 11.6 Å². The Morgan fingerprint density at radius 1 is 1.44 bits per heavy atom. The lowest BCUT2D eigenvalue weighted by molar-refractivity contribution is 0.393. The van der Waals surface area contributed by atoms with Gasteiger partial charge in [-0.05, 0) is 37.4 Å². The normalized spacial score (nSPS) is 16.6. The summed E-state index contributed by atoms with van der Waals surface area (Å²) in [5.74, 6) is 1.86. The average molecular weight is 268 g/mol. The van der Waals surface area contributed by atoms with Crippen LogP contribution in [0.4, 0.5) is 0 Å². The summed E-state index contributed by atoms with van der Waals surface area (Å²) in [6, 6.07) is 6.31. The van der Waals surface area contributed by atoms with E-state index >= 15 is 0 Å². The second kappa shape index (κ2) is 6.44. The highest BCUT2D eigenvalue weighted by atomic mass is 35.5. The van der Waals surface area contributed by atoms with Gasteiger partial charge in [-0.15, -0.1) is 0 Å². The van der Waals surface area contributed by atoms with Crippen LogP contribution in [0, 0.1) is 5.92 Å². The van der Waals surface area contributed by atoms with Crippen LogP contribution in [0.1, 0.15) is 44.2 Å². The lowest BCUT2D eigenvalue weighted by atomic mass is 9.99. The molecule has 1 saturated carbocycles. The van der Waals surface area contributed by atoms with Gasteiger partial charge in [0.05, 0.1) is 7.11 Å². The number of hydrogen-bond donors (Lipinski definition) is 1. The zero-order chi connectivity index (χ0) is 13.0. The van der Waals surface area contributed by atoms with Crippen molar-refractivity contribution < 1.29 is 4.74 Å². The molecule has 0 heterocycles. The highest BCUT2D eigenvalue weighted by Gasteiger charge is 2.24. The summed E-state index contributed by atoms with van der Waals surface area (Å²) in [4.78, 5) is 0. The number of nitrogens with one attached hydrogen (secondary N) is 1. The summed E-state index contributed by atoms with van der Waals surface area (Å²) in [5.41, 5.74) is 1.23. The third-order valence-electron chi connectivity index (χ3n) is 3.58. The first-order chi connectivity index (χ1) is 8.74. The minimum atomic E-state index is 0.378. The summed E-state index contributed by atoms with van der Waals surface area (Å²) in [5, 5.41) is 4.28. The van der Waals surface area contributed by atoms with Crippen molar-refractivity contribution in [1.29, 1.82) is 0 Å². The van der Waals surface area contributed by atoms with Crippen molar-refractivity contribution >= 4 is 11.6 Å². The van der Waals surface area contributed by atoms with Crippen molar-refractivity contribution in [2.45, 2.75) is 38.6 Å². The van der Waals surface area contributed by atoms with Gasteiger partial charge >= 0.3 is 0 Å². The Morgan fingerprint density at radius 2 is 2.22 bits per heavy atom. The Labute approximate surface area is 115 Å². The number of benzene rings is 1. The van der Waals surface area contributed by atoms with Crippen LogP contribution in [-0.2, 0) is 0 Å². The van der Waals surface area contributed by atoms with Gasteiger partial charge < -0.3 is 10.1 Å². The Kier molecular flexibility index (Phi) is 4.90. The van der Waals surface area contributed by atoms with Crippen molar-refractivity contribution in [3.63, 3.8) is 0 Å². The van der Waals surface area contributed by atoms with Gasteiger partial charge in [-0.2, -0.15) is 0 Å². The van der Waals surface area contributed by atoms with Gasteiger partial charge in [0.2, 0.25) is 0 Å². The quantitative estimate of drug-likeness (QED) is 0.800. The van der Waals surface area contributed by atoms with E-state index < -0.39 is 0 Å². The van der Waals surface area contributed by atoms with Crippen LogP contribution in [0.5, 0.6) is 5.75 Å². The number of halogens is 1. The molecule has 1 fully saturated rings. The van der Waals surface area contributed by atoms with Crippen molar-refractivity contribution in [2.75, 3.05) is 13.7 Å². The maximum absolute atomic E-state index is 6.01. The Bertz CT molecular complexity index is 390. The molecule has 18 heavy (non-hydrogen) atoms. The van der Waals surface area contributed by atoms with Crippen LogP contribution in [0.3, 0.4) is 0 Å². The lowest BCUT2D eigenvalue weighted by Crippen LogP contribution is -2.21. The van der Waals surface area contributed by atoms with Crippen LogP contribution in [0.25, 0.3) is 0 Å². The second-order valence-electron chi connectivity index (χ2n) is 5.02. The van der Waals surface area contributed by atoms with Crippen LogP contribution in [0.2, 0.25) is 5.02 Å². The predicted molar refractivity (Wildman–Crippen MR) is 76.4 cm³/mol. The molecule has 1 atom stereocenters. The molecule has 1 unspecified atom stereocenters. The molecular weight excluding hydrogens is 246 g/mol. The monoisotopic (exact) mass is 267 g/mol. The van der Waals surface area contributed by atoms with E-state index in [0.717, 1.165) is 23.2 Å². The third-order valence-corrected chi connectivity index (χ3v) is 3.82. The summed E-state index contributed by atoms with van der Waals surface area (Å²) in [7, 11) is 1.71.